The second kappa shape index (κ2) is 10.3. The van der Waals surface area contributed by atoms with Gasteiger partial charge in [0.25, 0.3) is 0 Å². The van der Waals surface area contributed by atoms with Crippen LogP contribution >= 0.6 is 0 Å². The van der Waals surface area contributed by atoms with Crippen LogP contribution < -0.4 is 10.2 Å². The highest BCUT2D eigenvalue weighted by molar-refractivity contribution is 5.66. The monoisotopic (exact) mass is 447 g/mol. The lowest BCUT2D eigenvalue weighted by molar-refractivity contribution is -0.137. The third-order valence-corrected chi connectivity index (χ3v) is 5.80. The van der Waals surface area contributed by atoms with E-state index in [1.165, 1.54) is 0 Å². The van der Waals surface area contributed by atoms with Crippen molar-refractivity contribution >= 4 is 17.6 Å². The Hall–Kier alpha value is -3.62. The van der Waals surface area contributed by atoms with E-state index < -0.39 is 5.97 Å². The van der Waals surface area contributed by atoms with Crippen molar-refractivity contribution in [2.75, 3.05) is 23.3 Å². The fourth-order valence-electron chi connectivity index (χ4n) is 4.08. The number of carboxylic acids is 1. The normalized spacial score (nSPS) is 15.2. The number of anilines is 2. The zero-order valence-electron chi connectivity index (χ0n) is 19.0. The Bertz CT molecular complexity index is 1110. The zero-order chi connectivity index (χ0) is 23.2. The molecule has 0 aromatic carbocycles. The molecule has 1 aliphatic rings. The molecule has 0 saturated heterocycles. The molecule has 0 amide bonds. The second-order valence-electron chi connectivity index (χ2n) is 8.31. The Morgan fingerprint density at radius 2 is 1.94 bits per heavy atom. The first-order chi connectivity index (χ1) is 16.0. The van der Waals surface area contributed by atoms with E-state index >= 15 is 0 Å². The number of unbranched alkanes of at least 4 members (excludes halogenated alkanes) is 2. The van der Waals surface area contributed by atoms with Crippen molar-refractivity contribution in [3.8, 4) is 11.6 Å². The number of hydrogen-bond acceptors (Lipinski definition) is 8. The lowest BCUT2D eigenvalue weighted by Crippen LogP contribution is -2.35. The number of nitrogens with zero attached hydrogens (tertiary/aromatic N) is 6. The molecule has 4 rings (SSSR count). The third kappa shape index (κ3) is 5.60. The number of fused-ring (bicyclic) bond motifs is 1. The number of carbonyl (C=O) groups is 1. The number of pyridine rings is 1. The van der Waals surface area contributed by atoms with E-state index in [4.69, 9.17) is 15.1 Å². The van der Waals surface area contributed by atoms with Crippen molar-refractivity contribution in [1.82, 2.24) is 24.9 Å². The van der Waals surface area contributed by atoms with Crippen molar-refractivity contribution < 1.29 is 9.90 Å². The number of aryl methyl sites for hydroxylation is 1. The average molecular weight is 448 g/mol. The van der Waals surface area contributed by atoms with Gasteiger partial charge in [0.15, 0.2) is 11.6 Å². The molecular formula is C24H29N7O2. The maximum Gasteiger partial charge on any atom is 0.303 e. The van der Waals surface area contributed by atoms with Gasteiger partial charge in [-0.3, -0.25) is 4.79 Å². The third-order valence-electron chi connectivity index (χ3n) is 5.80. The van der Waals surface area contributed by atoms with Gasteiger partial charge in [-0.15, -0.1) is 0 Å². The minimum Gasteiger partial charge on any atom is -0.481 e. The van der Waals surface area contributed by atoms with E-state index in [-0.39, 0.29) is 12.5 Å². The van der Waals surface area contributed by atoms with Crippen LogP contribution in [0.5, 0.6) is 0 Å². The van der Waals surface area contributed by atoms with Gasteiger partial charge < -0.3 is 15.3 Å². The maximum absolute atomic E-state index is 10.6. The molecule has 1 unspecified atom stereocenters. The summed E-state index contributed by atoms with van der Waals surface area (Å²) in [6, 6.07) is 6.02. The molecule has 9 heteroatoms. The van der Waals surface area contributed by atoms with Gasteiger partial charge in [0.05, 0.1) is 11.7 Å². The van der Waals surface area contributed by atoms with E-state index in [2.05, 4.69) is 45.1 Å². The molecule has 3 aromatic rings. The van der Waals surface area contributed by atoms with Gasteiger partial charge in [0.2, 0.25) is 0 Å². The summed E-state index contributed by atoms with van der Waals surface area (Å²) in [5.41, 5.74) is 3.26. The molecule has 3 aromatic heterocycles. The number of aromatic nitrogens is 5. The quantitative estimate of drug-likeness (QED) is 0.472. The highest BCUT2D eigenvalue weighted by atomic mass is 16.4. The molecule has 2 N–H and O–H groups in total. The highest BCUT2D eigenvalue weighted by Crippen LogP contribution is 2.33. The van der Waals surface area contributed by atoms with Crippen LogP contribution in [0.4, 0.5) is 11.6 Å². The van der Waals surface area contributed by atoms with Crippen LogP contribution in [0.25, 0.3) is 11.6 Å². The number of rotatable bonds is 9. The summed E-state index contributed by atoms with van der Waals surface area (Å²) in [7, 11) is 0. The summed E-state index contributed by atoms with van der Waals surface area (Å²) in [6.45, 7) is 5.80. The minimum atomic E-state index is -0.736. The van der Waals surface area contributed by atoms with E-state index in [0.717, 1.165) is 60.8 Å². The van der Waals surface area contributed by atoms with Crippen molar-refractivity contribution in [1.29, 1.82) is 0 Å². The fraction of sp³-hybridized carbons (Fsp3) is 0.417. The topological polar surface area (TPSA) is 117 Å². The van der Waals surface area contributed by atoms with E-state index in [1.54, 1.807) is 18.5 Å². The Morgan fingerprint density at radius 3 is 2.73 bits per heavy atom. The van der Waals surface area contributed by atoms with Gasteiger partial charge in [-0.2, -0.15) is 0 Å². The molecule has 0 saturated carbocycles. The second-order valence-corrected chi connectivity index (χ2v) is 8.31. The van der Waals surface area contributed by atoms with Gasteiger partial charge >= 0.3 is 5.97 Å². The van der Waals surface area contributed by atoms with E-state index in [9.17, 15) is 4.79 Å². The van der Waals surface area contributed by atoms with Crippen molar-refractivity contribution in [3.05, 3.63) is 53.6 Å². The van der Waals surface area contributed by atoms with Crippen LogP contribution in [0.1, 0.15) is 55.5 Å². The Labute approximate surface area is 193 Å². The van der Waals surface area contributed by atoms with Crippen LogP contribution in [-0.2, 0) is 11.2 Å². The van der Waals surface area contributed by atoms with E-state index in [1.807, 2.05) is 12.3 Å². The predicted molar refractivity (Wildman–Crippen MR) is 126 cm³/mol. The highest BCUT2D eigenvalue weighted by Gasteiger charge is 2.27. The van der Waals surface area contributed by atoms with Gasteiger partial charge in [-0.1, -0.05) is 6.42 Å². The van der Waals surface area contributed by atoms with Crippen molar-refractivity contribution in [3.63, 3.8) is 0 Å². The molecule has 172 valence electrons. The molecule has 0 spiro atoms. The first-order valence-electron chi connectivity index (χ1n) is 11.4. The number of hydrogen-bond donors (Lipinski definition) is 2. The molecule has 4 heterocycles. The molecule has 0 fully saturated rings. The Morgan fingerprint density at radius 1 is 1.12 bits per heavy atom. The molecule has 33 heavy (non-hydrogen) atoms. The summed E-state index contributed by atoms with van der Waals surface area (Å²) in [4.78, 5) is 35.5. The smallest absolute Gasteiger partial charge is 0.303 e. The molecule has 0 bridgehead atoms. The summed E-state index contributed by atoms with van der Waals surface area (Å²) in [6.07, 6.45) is 8.80. The van der Waals surface area contributed by atoms with Crippen molar-refractivity contribution in [2.45, 2.75) is 52.0 Å². The maximum atomic E-state index is 10.6. The van der Waals surface area contributed by atoms with Gasteiger partial charge in [-0.05, 0) is 50.5 Å². The van der Waals surface area contributed by atoms with Crippen LogP contribution in [0, 0.1) is 6.92 Å². The van der Waals surface area contributed by atoms with Gasteiger partial charge in [0, 0.05) is 50.1 Å². The van der Waals surface area contributed by atoms with Crippen LogP contribution in [-0.4, -0.2) is 49.1 Å². The number of aliphatic carboxylic acids is 1. The predicted octanol–water partition coefficient (Wildman–Crippen LogP) is 3.82. The zero-order valence-corrected chi connectivity index (χ0v) is 19.0. The van der Waals surface area contributed by atoms with Crippen molar-refractivity contribution in [2.24, 2.45) is 0 Å². The number of carboxylic acid groups (broad SMARTS) is 1. The van der Waals surface area contributed by atoms with E-state index in [0.29, 0.717) is 18.1 Å². The first-order valence-corrected chi connectivity index (χ1v) is 11.4. The molecular weight excluding hydrogens is 418 g/mol. The molecule has 0 radical (unpaired) electrons. The number of nitrogens with one attached hydrogen (secondary N) is 1. The van der Waals surface area contributed by atoms with Crippen LogP contribution in [0.15, 0.2) is 36.8 Å². The van der Waals surface area contributed by atoms with Gasteiger partial charge in [-0.25, -0.2) is 24.9 Å². The Kier molecular flexibility index (Phi) is 7.07. The minimum absolute atomic E-state index is 0.0951. The summed E-state index contributed by atoms with van der Waals surface area (Å²) in [5, 5.41) is 12.1. The average Bonchev–Trinajstić information content (AvgIpc) is 2.81. The Balaban J connectivity index is 1.44. The first kappa shape index (κ1) is 22.6. The lowest BCUT2D eigenvalue weighted by Gasteiger charge is -2.35. The lowest BCUT2D eigenvalue weighted by atomic mass is 9.99. The van der Waals surface area contributed by atoms with Gasteiger partial charge in [0.1, 0.15) is 11.6 Å². The van der Waals surface area contributed by atoms with Crippen LogP contribution in [0.2, 0.25) is 0 Å². The molecule has 1 atom stereocenters. The molecule has 9 nitrogen and oxygen atoms in total. The summed E-state index contributed by atoms with van der Waals surface area (Å²) < 4.78 is 0. The molecule has 1 aliphatic heterocycles. The molecule has 0 aliphatic carbocycles. The fourth-order valence-corrected chi connectivity index (χ4v) is 4.08. The SMILES string of the molecule is Cc1cc(NCCCCCC(=O)O)nc(N2CCc3nc(-c4ncccn4)ncc3C2C)c1. The summed E-state index contributed by atoms with van der Waals surface area (Å²) >= 11 is 0. The summed E-state index contributed by atoms with van der Waals surface area (Å²) in [5.74, 6) is 2.12. The standard InChI is InChI=1S/C24H29N7O2/c1-16-13-20(25-9-5-3-4-7-22(32)33)30-21(14-16)31-12-8-19-18(17(31)2)15-28-24(29-19)23-26-10-6-11-27-23/h6,10-11,13-15,17H,3-5,7-9,12H2,1-2H3,(H,25,30)(H,32,33). The van der Waals surface area contributed by atoms with Crippen LogP contribution in [0.3, 0.4) is 0 Å². The largest absolute Gasteiger partial charge is 0.481 e.